The van der Waals surface area contributed by atoms with Crippen molar-refractivity contribution in [3.8, 4) is 23.0 Å². The minimum atomic E-state index is -0.691. The van der Waals surface area contributed by atoms with Crippen molar-refractivity contribution in [2.45, 2.75) is 17.9 Å². The molecule has 0 aromatic heterocycles. The van der Waals surface area contributed by atoms with Gasteiger partial charge in [-0.15, -0.1) is 0 Å². The molecule has 38 heavy (non-hydrogen) atoms. The highest BCUT2D eigenvalue weighted by molar-refractivity contribution is 6.12. The molecule has 0 spiro atoms. The van der Waals surface area contributed by atoms with Crippen molar-refractivity contribution in [2.24, 2.45) is 0 Å². The van der Waals surface area contributed by atoms with Crippen LogP contribution >= 0.6 is 0 Å². The largest absolute Gasteiger partial charge is 0.493 e. The van der Waals surface area contributed by atoms with Crippen LogP contribution in [0.25, 0.3) is 0 Å². The summed E-state index contributed by atoms with van der Waals surface area (Å²) in [6.45, 7) is -0.272. The minimum Gasteiger partial charge on any atom is -0.493 e. The molecular formula is C32H30O6. The number of aliphatic hydroxyl groups is 1. The number of fused-ring (bicyclic) bond motifs is 2. The topological polar surface area (TPSA) is 74.2 Å². The minimum absolute atomic E-state index is 0.00953. The molecule has 2 atom stereocenters. The van der Waals surface area contributed by atoms with Gasteiger partial charge in [0.05, 0.1) is 27.9 Å². The first-order chi connectivity index (χ1) is 18.6. The van der Waals surface area contributed by atoms with E-state index in [0.29, 0.717) is 34.1 Å². The van der Waals surface area contributed by atoms with Crippen LogP contribution in [-0.2, 0) is 0 Å². The third-order valence-electron chi connectivity index (χ3n) is 7.16. The van der Waals surface area contributed by atoms with Crippen LogP contribution in [-0.4, -0.2) is 44.9 Å². The van der Waals surface area contributed by atoms with Crippen molar-refractivity contribution >= 4 is 5.78 Å². The van der Waals surface area contributed by atoms with Gasteiger partial charge in [-0.25, -0.2) is 0 Å². The molecule has 6 heteroatoms. The molecule has 5 rings (SSSR count). The van der Waals surface area contributed by atoms with Crippen molar-refractivity contribution in [1.82, 2.24) is 0 Å². The van der Waals surface area contributed by atoms with E-state index >= 15 is 0 Å². The van der Waals surface area contributed by atoms with E-state index in [0.717, 1.165) is 16.7 Å². The summed E-state index contributed by atoms with van der Waals surface area (Å²) in [5.74, 6) is 1.55. The first-order valence-electron chi connectivity index (χ1n) is 12.5. The Bertz CT molecular complexity index is 1400. The lowest BCUT2D eigenvalue weighted by Gasteiger charge is -2.38. The molecule has 0 fully saturated rings. The second-order valence-corrected chi connectivity index (χ2v) is 9.11. The summed E-state index contributed by atoms with van der Waals surface area (Å²) >= 11 is 0. The summed E-state index contributed by atoms with van der Waals surface area (Å²) in [5.41, 5.74) is 3.95. The highest BCUT2D eigenvalue weighted by Gasteiger charge is 2.41. The van der Waals surface area contributed by atoms with Crippen molar-refractivity contribution in [1.29, 1.82) is 0 Å². The Morgan fingerprint density at radius 3 is 1.79 bits per heavy atom. The molecule has 1 aliphatic carbocycles. The van der Waals surface area contributed by atoms with Gasteiger partial charge >= 0.3 is 0 Å². The number of aliphatic hydroxyl groups excluding tert-OH is 1. The monoisotopic (exact) mass is 510 g/mol. The lowest BCUT2D eigenvalue weighted by molar-refractivity contribution is 0.0841. The summed E-state index contributed by atoms with van der Waals surface area (Å²) in [5, 5.41) is 10.8. The van der Waals surface area contributed by atoms with Crippen molar-refractivity contribution in [3.63, 3.8) is 0 Å². The average molecular weight is 511 g/mol. The quantitative estimate of drug-likeness (QED) is 0.315. The maximum atomic E-state index is 13.5. The summed E-state index contributed by atoms with van der Waals surface area (Å²) < 4.78 is 23.2. The van der Waals surface area contributed by atoms with E-state index in [9.17, 15) is 9.90 Å². The molecule has 1 N–H and O–H groups in total. The number of para-hydroxylation sites is 2. The Hall–Kier alpha value is -4.29. The Morgan fingerprint density at radius 1 is 0.684 bits per heavy atom. The van der Waals surface area contributed by atoms with Crippen molar-refractivity contribution < 1.29 is 28.8 Å². The maximum absolute atomic E-state index is 13.5. The van der Waals surface area contributed by atoms with Gasteiger partial charge in [0, 0.05) is 23.0 Å². The zero-order chi connectivity index (χ0) is 26.6. The fraction of sp³-hybridized carbons (Fsp3) is 0.219. The molecular weight excluding hydrogens is 480 g/mol. The fourth-order valence-electron chi connectivity index (χ4n) is 5.43. The van der Waals surface area contributed by atoms with Gasteiger partial charge in [-0.2, -0.15) is 0 Å². The number of ketones is 1. The Morgan fingerprint density at radius 2 is 1.21 bits per heavy atom. The van der Waals surface area contributed by atoms with E-state index in [1.54, 1.807) is 21.3 Å². The predicted molar refractivity (Wildman–Crippen MR) is 145 cm³/mol. The molecule has 0 saturated heterocycles. The van der Waals surface area contributed by atoms with Crippen LogP contribution in [0.5, 0.6) is 23.0 Å². The Labute approximate surface area is 222 Å². The molecule has 1 aliphatic rings. The summed E-state index contributed by atoms with van der Waals surface area (Å²) in [4.78, 5) is 13.5. The van der Waals surface area contributed by atoms with Gasteiger partial charge in [-0.05, 0) is 41.0 Å². The smallest absolute Gasteiger partial charge is 0.193 e. The molecule has 0 radical (unpaired) electrons. The number of hydrogen-bond acceptors (Lipinski definition) is 6. The van der Waals surface area contributed by atoms with Gasteiger partial charge in [-0.3, -0.25) is 4.79 Å². The van der Waals surface area contributed by atoms with Crippen LogP contribution in [0.1, 0.15) is 44.4 Å². The maximum Gasteiger partial charge on any atom is 0.193 e. The van der Waals surface area contributed by atoms with Crippen LogP contribution in [0.2, 0.25) is 0 Å². The fourth-order valence-corrected chi connectivity index (χ4v) is 5.43. The second kappa shape index (κ2) is 11.0. The van der Waals surface area contributed by atoms with Crippen LogP contribution < -0.4 is 18.9 Å². The van der Waals surface area contributed by atoms with Gasteiger partial charge in [0.15, 0.2) is 28.8 Å². The second-order valence-electron chi connectivity index (χ2n) is 9.11. The zero-order valence-electron chi connectivity index (χ0n) is 21.6. The van der Waals surface area contributed by atoms with Gasteiger partial charge < -0.3 is 24.1 Å². The SMILES string of the molecule is COc1ccc([C@H](C2c3ccccc3C(=O)c3ccccc32)[C@@H](CO)Oc2ccccc2OC)cc1OC. The van der Waals surface area contributed by atoms with Gasteiger partial charge in [0.2, 0.25) is 0 Å². The summed E-state index contributed by atoms with van der Waals surface area (Å²) in [6, 6.07) is 28.4. The van der Waals surface area contributed by atoms with E-state index < -0.39 is 12.0 Å². The summed E-state index contributed by atoms with van der Waals surface area (Å²) in [7, 11) is 4.77. The first-order valence-corrected chi connectivity index (χ1v) is 12.5. The number of benzene rings is 4. The van der Waals surface area contributed by atoms with Crippen LogP contribution in [0.4, 0.5) is 0 Å². The number of carbonyl (C=O) groups excluding carboxylic acids is 1. The number of methoxy groups -OCH3 is 3. The molecule has 6 nitrogen and oxygen atoms in total. The molecule has 0 heterocycles. The molecule has 4 aromatic carbocycles. The van der Waals surface area contributed by atoms with E-state index in [4.69, 9.17) is 18.9 Å². The molecule has 194 valence electrons. The van der Waals surface area contributed by atoms with Crippen molar-refractivity contribution in [3.05, 3.63) is 119 Å². The number of rotatable bonds is 9. The van der Waals surface area contributed by atoms with E-state index in [2.05, 4.69) is 0 Å². The van der Waals surface area contributed by atoms with Crippen LogP contribution in [0.15, 0.2) is 91.0 Å². The Kier molecular flexibility index (Phi) is 7.33. The summed E-state index contributed by atoms with van der Waals surface area (Å²) in [6.07, 6.45) is -0.691. The molecule has 0 unspecified atom stereocenters. The number of ether oxygens (including phenoxy) is 4. The third kappa shape index (κ3) is 4.48. The highest BCUT2D eigenvalue weighted by Crippen LogP contribution is 2.48. The van der Waals surface area contributed by atoms with Gasteiger partial charge in [-0.1, -0.05) is 66.7 Å². The van der Waals surface area contributed by atoms with Crippen LogP contribution in [0, 0.1) is 0 Å². The van der Waals surface area contributed by atoms with Crippen LogP contribution in [0.3, 0.4) is 0 Å². The van der Waals surface area contributed by atoms with E-state index in [-0.39, 0.29) is 18.3 Å². The van der Waals surface area contributed by atoms with Crippen molar-refractivity contribution in [2.75, 3.05) is 27.9 Å². The molecule has 0 aliphatic heterocycles. The third-order valence-corrected chi connectivity index (χ3v) is 7.16. The molecule has 0 saturated carbocycles. The lowest BCUT2D eigenvalue weighted by atomic mass is 9.68. The lowest BCUT2D eigenvalue weighted by Crippen LogP contribution is -2.36. The van der Waals surface area contributed by atoms with Gasteiger partial charge in [0.1, 0.15) is 6.10 Å². The first kappa shape index (κ1) is 25.4. The standard InChI is InChI=1S/C32H30O6/c1-35-25-14-8-9-15-27(25)38-29(19-33)30(20-16-17-26(36-2)28(18-20)37-3)31-21-10-4-6-12-23(21)32(34)24-13-7-5-11-22(24)31/h4-18,29-31,33H,19H2,1-3H3/t29-,30+/m1/s1. The number of hydrogen-bond donors (Lipinski definition) is 1. The average Bonchev–Trinajstić information content (AvgIpc) is 2.98. The number of carbonyl (C=O) groups is 1. The van der Waals surface area contributed by atoms with E-state index in [1.807, 2.05) is 91.0 Å². The normalized spacial score (nSPS) is 14.2. The van der Waals surface area contributed by atoms with E-state index in [1.165, 1.54) is 0 Å². The zero-order valence-corrected chi connectivity index (χ0v) is 21.6. The predicted octanol–water partition coefficient (Wildman–Crippen LogP) is 5.61. The van der Waals surface area contributed by atoms with Gasteiger partial charge in [0.25, 0.3) is 0 Å². The molecule has 0 amide bonds. The highest BCUT2D eigenvalue weighted by atomic mass is 16.5. The Balaban J connectivity index is 1.73. The molecule has 4 aromatic rings. The molecule has 0 bridgehead atoms.